The highest BCUT2D eigenvalue weighted by Gasteiger charge is 2.56. The van der Waals surface area contributed by atoms with Gasteiger partial charge >= 0.3 is 12.1 Å². The molecule has 0 N–H and O–H groups in total. The van der Waals surface area contributed by atoms with Crippen LogP contribution in [-0.2, 0) is 14.3 Å². The van der Waals surface area contributed by atoms with Crippen molar-refractivity contribution in [3.63, 3.8) is 0 Å². The highest BCUT2D eigenvalue weighted by Crippen LogP contribution is 2.44. The third-order valence-corrected chi connectivity index (χ3v) is 3.28. The average molecular weight is 305 g/mol. The fraction of sp³-hybridized carbons (Fsp3) is 0.643. The topological polar surface area (TPSA) is 55.7 Å². The quantitative estimate of drug-likeness (QED) is 0.734. The lowest BCUT2D eigenvalue weighted by molar-refractivity contribution is -0.172. The van der Waals surface area contributed by atoms with Crippen LogP contribution in [0.5, 0.6) is 0 Å². The van der Waals surface area contributed by atoms with E-state index in [0.717, 1.165) is 13.2 Å². The summed E-state index contributed by atoms with van der Waals surface area (Å²) in [5.74, 6) is -1.58. The number of alkyl halides is 3. The van der Waals surface area contributed by atoms with Gasteiger partial charge in [-0.25, -0.2) is 4.79 Å². The molecule has 0 bridgehead atoms. The van der Waals surface area contributed by atoms with Crippen molar-refractivity contribution in [2.75, 3.05) is 7.11 Å². The molecule has 7 heteroatoms. The molecular weight excluding hydrogens is 287 g/mol. The minimum atomic E-state index is -4.68. The van der Waals surface area contributed by atoms with Crippen LogP contribution < -0.4 is 0 Å². The SMILES string of the molecule is COC(=O)C1=CC(CCC(C)=O)(C(F)(F)F)N=C1C(C)C. The third-order valence-electron chi connectivity index (χ3n) is 3.28. The Morgan fingerprint density at radius 1 is 1.38 bits per heavy atom. The van der Waals surface area contributed by atoms with Gasteiger partial charge in [0.05, 0.1) is 18.4 Å². The van der Waals surface area contributed by atoms with Gasteiger partial charge in [0, 0.05) is 6.42 Å². The molecule has 118 valence electrons. The number of methoxy groups -OCH3 is 1. The first-order valence-corrected chi connectivity index (χ1v) is 6.51. The van der Waals surface area contributed by atoms with E-state index >= 15 is 0 Å². The number of hydrogen-bond donors (Lipinski definition) is 0. The van der Waals surface area contributed by atoms with Crippen LogP contribution in [0.15, 0.2) is 16.6 Å². The van der Waals surface area contributed by atoms with E-state index in [0.29, 0.717) is 0 Å². The first kappa shape index (κ1) is 17.4. The van der Waals surface area contributed by atoms with Gasteiger partial charge in [0.1, 0.15) is 5.78 Å². The normalized spacial score (nSPS) is 22.1. The summed E-state index contributed by atoms with van der Waals surface area (Å²) in [4.78, 5) is 26.5. The Balaban J connectivity index is 3.35. The smallest absolute Gasteiger partial charge is 0.417 e. The van der Waals surface area contributed by atoms with Gasteiger partial charge < -0.3 is 9.53 Å². The summed E-state index contributed by atoms with van der Waals surface area (Å²) < 4.78 is 44.8. The lowest BCUT2D eigenvalue weighted by Crippen LogP contribution is -2.41. The molecule has 21 heavy (non-hydrogen) atoms. The predicted molar refractivity (Wildman–Crippen MR) is 71.1 cm³/mol. The van der Waals surface area contributed by atoms with Gasteiger partial charge in [-0.3, -0.25) is 4.99 Å². The summed E-state index contributed by atoms with van der Waals surface area (Å²) in [5, 5.41) is 0. The molecule has 1 aliphatic heterocycles. The van der Waals surface area contributed by atoms with E-state index in [1.54, 1.807) is 13.8 Å². The van der Waals surface area contributed by atoms with Crippen LogP contribution in [0, 0.1) is 5.92 Å². The Kier molecular flexibility index (Phi) is 4.96. The van der Waals surface area contributed by atoms with Crippen molar-refractivity contribution in [3.8, 4) is 0 Å². The second kappa shape index (κ2) is 5.99. The Labute approximate surface area is 121 Å². The number of Topliss-reactive ketones (excluding diaryl/α,β-unsaturated/α-hetero) is 1. The van der Waals surface area contributed by atoms with Crippen molar-refractivity contribution >= 4 is 17.5 Å². The Morgan fingerprint density at radius 3 is 2.33 bits per heavy atom. The fourth-order valence-corrected chi connectivity index (χ4v) is 2.12. The zero-order valence-corrected chi connectivity index (χ0v) is 12.4. The van der Waals surface area contributed by atoms with E-state index in [9.17, 15) is 22.8 Å². The van der Waals surface area contributed by atoms with Crippen molar-refractivity contribution in [3.05, 3.63) is 11.6 Å². The summed E-state index contributed by atoms with van der Waals surface area (Å²) in [5.41, 5.74) is -2.64. The number of hydrogen-bond acceptors (Lipinski definition) is 4. The Bertz CT molecular complexity index is 506. The minimum Gasteiger partial charge on any atom is -0.465 e. The fourth-order valence-electron chi connectivity index (χ4n) is 2.12. The molecule has 0 saturated carbocycles. The Morgan fingerprint density at radius 2 is 1.95 bits per heavy atom. The summed E-state index contributed by atoms with van der Waals surface area (Å²) in [7, 11) is 1.10. The van der Waals surface area contributed by atoms with Crippen molar-refractivity contribution < 1.29 is 27.5 Å². The molecule has 1 aliphatic rings. The molecule has 4 nitrogen and oxygen atoms in total. The van der Waals surface area contributed by atoms with E-state index in [-0.39, 0.29) is 29.4 Å². The number of nitrogens with zero attached hydrogens (tertiary/aromatic N) is 1. The van der Waals surface area contributed by atoms with Gasteiger partial charge in [0.2, 0.25) is 0 Å². The van der Waals surface area contributed by atoms with Crippen LogP contribution in [0.4, 0.5) is 13.2 Å². The number of halogens is 3. The van der Waals surface area contributed by atoms with Gasteiger partial charge in [-0.05, 0) is 25.3 Å². The first-order valence-electron chi connectivity index (χ1n) is 6.51. The number of ether oxygens (including phenoxy) is 1. The molecule has 0 saturated heterocycles. The molecule has 0 aromatic heterocycles. The maximum absolute atomic E-state index is 13.4. The van der Waals surface area contributed by atoms with Crippen LogP contribution in [0.2, 0.25) is 0 Å². The van der Waals surface area contributed by atoms with Gasteiger partial charge in [0.25, 0.3) is 0 Å². The van der Waals surface area contributed by atoms with Gasteiger partial charge in [-0.2, -0.15) is 13.2 Å². The van der Waals surface area contributed by atoms with Crippen LogP contribution in [-0.4, -0.2) is 36.3 Å². The summed E-state index contributed by atoms with van der Waals surface area (Å²) in [6.07, 6.45) is -4.67. The zero-order valence-electron chi connectivity index (χ0n) is 12.4. The molecule has 0 aliphatic carbocycles. The molecule has 0 spiro atoms. The molecule has 0 aromatic carbocycles. The summed E-state index contributed by atoms with van der Waals surface area (Å²) in [6.45, 7) is 4.51. The van der Waals surface area contributed by atoms with Gasteiger partial charge in [-0.1, -0.05) is 13.8 Å². The third kappa shape index (κ3) is 3.51. The number of ketones is 1. The molecule has 1 unspecified atom stereocenters. The number of carbonyl (C=O) groups excluding carboxylic acids is 2. The predicted octanol–water partition coefficient (Wildman–Crippen LogP) is 2.87. The van der Waals surface area contributed by atoms with Crippen LogP contribution in [0.1, 0.15) is 33.6 Å². The molecule has 1 heterocycles. The number of rotatable bonds is 5. The van der Waals surface area contributed by atoms with Crippen molar-refractivity contribution in [1.82, 2.24) is 0 Å². The molecule has 1 atom stereocenters. The van der Waals surface area contributed by atoms with Crippen LogP contribution in [0.3, 0.4) is 0 Å². The lowest BCUT2D eigenvalue weighted by Gasteiger charge is -2.27. The number of carbonyl (C=O) groups is 2. The van der Waals surface area contributed by atoms with E-state index < -0.39 is 24.1 Å². The highest BCUT2D eigenvalue weighted by atomic mass is 19.4. The monoisotopic (exact) mass is 305 g/mol. The second-order valence-electron chi connectivity index (χ2n) is 5.33. The molecule has 0 fully saturated rings. The van der Waals surface area contributed by atoms with E-state index in [1.165, 1.54) is 6.92 Å². The molecule has 0 radical (unpaired) electrons. The van der Waals surface area contributed by atoms with Crippen molar-refractivity contribution in [2.24, 2.45) is 10.9 Å². The average Bonchev–Trinajstić information content (AvgIpc) is 2.76. The minimum absolute atomic E-state index is 0.0581. The number of esters is 1. The van der Waals surface area contributed by atoms with E-state index in [1.807, 2.05) is 0 Å². The second-order valence-corrected chi connectivity index (χ2v) is 5.33. The summed E-state index contributed by atoms with van der Waals surface area (Å²) in [6, 6.07) is 0. The highest BCUT2D eigenvalue weighted by molar-refractivity contribution is 6.22. The van der Waals surface area contributed by atoms with Crippen LogP contribution in [0.25, 0.3) is 0 Å². The Hall–Kier alpha value is -1.66. The lowest BCUT2D eigenvalue weighted by atomic mass is 9.91. The maximum atomic E-state index is 13.4. The van der Waals surface area contributed by atoms with Gasteiger partial charge in [-0.15, -0.1) is 0 Å². The van der Waals surface area contributed by atoms with Crippen LogP contribution >= 0.6 is 0 Å². The molecular formula is C14H18F3NO3. The largest absolute Gasteiger partial charge is 0.465 e. The van der Waals surface area contributed by atoms with E-state index in [4.69, 9.17) is 0 Å². The van der Waals surface area contributed by atoms with Gasteiger partial charge in [0.15, 0.2) is 5.54 Å². The first-order chi connectivity index (χ1) is 9.54. The van der Waals surface area contributed by atoms with Crippen molar-refractivity contribution in [2.45, 2.75) is 45.3 Å². The maximum Gasteiger partial charge on any atom is 0.417 e. The van der Waals surface area contributed by atoms with Crippen molar-refractivity contribution in [1.29, 1.82) is 0 Å². The summed E-state index contributed by atoms with van der Waals surface area (Å²) >= 11 is 0. The molecule has 0 amide bonds. The zero-order chi connectivity index (χ0) is 16.4. The molecule has 1 rings (SSSR count). The standard InChI is InChI=1S/C14H18F3NO3/c1-8(2)11-10(12(20)21-4)7-13(18-11,14(15,16)17)6-5-9(3)19/h7-8H,5-6H2,1-4H3. The molecule has 0 aromatic rings. The van der Waals surface area contributed by atoms with E-state index in [2.05, 4.69) is 9.73 Å². The number of aliphatic imine (C=N–C) groups is 1.